The second-order valence-electron chi connectivity index (χ2n) is 8.20. The Morgan fingerprint density at radius 3 is 2.64 bits per heavy atom. The fourth-order valence-electron chi connectivity index (χ4n) is 4.26. The van der Waals surface area contributed by atoms with Gasteiger partial charge in [0, 0.05) is 36.7 Å². The summed E-state index contributed by atoms with van der Waals surface area (Å²) in [6.45, 7) is 6.76. The molecule has 4 heterocycles. The van der Waals surface area contributed by atoms with Crippen LogP contribution in [0.5, 0.6) is 0 Å². The van der Waals surface area contributed by atoms with E-state index in [1.807, 2.05) is 61.2 Å². The van der Waals surface area contributed by atoms with E-state index in [2.05, 4.69) is 21.1 Å². The van der Waals surface area contributed by atoms with Gasteiger partial charge in [0.25, 0.3) is 11.6 Å². The summed E-state index contributed by atoms with van der Waals surface area (Å²) in [5.41, 5.74) is 4.10. The van der Waals surface area contributed by atoms with Crippen molar-refractivity contribution in [1.29, 1.82) is 5.26 Å². The average Bonchev–Trinajstić information content (AvgIpc) is 3.35. The third-order valence-corrected chi connectivity index (χ3v) is 7.01. The summed E-state index contributed by atoms with van der Waals surface area (Å²) >= 11 is 1.64. The molecule has 4 aromatic rings. The Labute approximate surface area is 195 Å². The molecule has 0 atom stereocenters. The van der Waals surface area contributed by atoms with Crippen molar-refractivity contribution < 1.29 is 9.32 Å². The standard InChI is InChI=1S/C25H23N5O2S/c1-16-4-9-22(33-16)21-14-20(23-17(2)28-32-24(23)27-21)25(31)30-11-3-10-29(12-13-30)19-7-5-18(15-26)6-8-19/h4-9,14H,3,10-13H2,1-2H3. The molecule has 0 N–H and O–H groups in total. The SMILES string of the molecule is Cc1ccc(-c2cc(C(=O)N3CCCN(c4ccc(C#N)cc4)CC3)c3c(C)noc3n2)s1. The second-order valence-corrected chi connectivity index (χ2v) is 9.49. The molecule has 0 saturated carbocycles. The maximum Gasteiger partial charge on any atom is 0.259 e. The molecule has 0 spiro atoms. The molecule has 1 saturated heterocycles. The molecule has 1 amide bonds. The van der Waals surface area contributed by atoms with E-state index in [1.54, 1.807) is 11.3 Å². The Kier molecular flexibility index (Phi) is 5.56. The van der Waals surface area contributed by atoms with Gasteiger partial charge in [-0.05, 0) is 62.7 Å². The highest BCUT2D eigenvalue weighted by molar-refractivity contribution is 7.15. The molecule has 1 fully saturated rings. The maximum atomic E-state index is 13.7. The van der Waals surface area contributed by atoms with Crippen molar-refractivity contribution in [3.05, 3.63) is 64.2 Å². The highest BCUT2D eigenvalue weighted by atomic mass is 32.1. The topological polar surface area (TPSA) is 86.3 Å². The van der Waals surface area contributed by atoms with Gasteiger partial charge in [-0.1, -0.05) is 5.16 Å². The molecule has 1 aliphatic heterocycles. The van der Waals surface area contributed by atoms with Crippen molar-refractivity contribution in [2.24, 2.45) is 0 Å². The monoisotopic (exact) mass is 457 g/mol. The Bertz CT molecular complexity index is 1370. The number of aromatic nitrogens is 2. The van der Waals surface area contributed by atoms with E-state index in [1.165, 1.54) is 4.88 Å². The molecule has 1 aromatic carbocycles. The van der Waals surface area contributed by atoms with Gasteiger partial charge in [0.05, 0.1) is 38.8 Å². The van der Waals surface area contributed by atoms with Gasteiger partial charge in [-0.15, -0.1) is 11.3 Å². The van der Waals surface area contributed by atoms with E-state index in [4.69, 9.17) is 9.78 Å². The van der Waals surface area contributed by atoms with Crippen molar-refractivity contribution in [1.82, 2.24) is 15.0 Å². The lowest BCUT2D eigenvalue weighted by molar-refractivity contribution is 0.0769. The Balaban J connectivity index is 1.43. The zero-order chi connectivity index (χ0) is 22.9. The van der Waals surface area contributed by atoms with E-state index in [0.717, 1.165) is 35.8 Å². The lowest BCUT2D eigenvalue weighted by atomic mass is 10.1. The van der Waals surface area contributed by atoms with Gasteiger partial charge >= 0.3 is 0 Å². The number of amides is 1. The predicted octanol–water partition coefficient (Wildman–Crippen LogP) is 4.79. The molecule has 0 aliphatic carbocycles. The lowest BCUT2D eigenvalue weighted by Crippen LogP contribution is -2.35. The van der Waals surface area contributed by atoms with E-state index in [0.29, 0.717) is 41.0 Å². The summed E-state index contributed by atoms with van der Waals surface area (Å²) in [6.07, 6.45) is 0.861. The second kappa shape index (κ2) is 8.68. The third kappa shape index (κ3) is 4.08. The Morgan fingerprint density at radius 2 is 1.91 bits per heavy atom. The van der Waals surface area contributed by atoms with Gasteiger partial charge in [-0.25, -0.2) is 4.98 Å². The van der Waals surface area contributed by atoms with Crippen molar-refractivity contribution in [3.8, 4) is 16.6 Å². The van der Waals surface area contributed by atoms with Crippen molar-refractivity contribution in [3.63, 3.8) is 0 Å². The van der Waals surface area contributed by atoms with Crippen LogP contribution in [0.1, 0.15) is 32.9 Å². The lowest BCUT2D eigenvalue weighted by Gasteiger charge is -2.24. The van der Waals surface area contributed by atoms with E-state index in [-0.39, 0.29) is 5.91 Å². The fraction of sp³-hybridized carbons (Fsp3) is 0.280. The number of fused-ring (bicyclic) bond motifs is 1. The minimum absolute atomic E-state index is 0.0232. The minimum Gasteiger partial charge on any atom is -0.370 e. The van der Waals surface area contributed by atoms with Crippen LogP contribution in [-0.2, 0) is 0 Å². The summed E-state index contributed by atoms with van der Waals surface area (Å²) in [5, 5.41) is 13.8. The molecular weight excluding hydrogens is 434 g/mol. The van der Waals surface area contributed by atoms with Crippen molar-refractivity contribution in [2.45, 2.75) is 20.3 Å². The van der Waals surface area contributed by atoms with Gasteiger partial charge in [0.2, 0.25) is 0 Å². The maximum absolute atomic E-state index is 13.7. The molecule has 33 heavy (non-hydrogen) atoms. The molecule has 3 aromatic heterocycles. The largest absolute Gasteiger partial charge is 0.370 e. The number of hydrogen-bond donors (Lipinski definition) is 0. The average molecular weight is 458 g/mol. The van der Waals surface area contributed by atoms with Crippen LogP contribution in [0.3, 0.4) is 0 Å². The highest BCUT2D eigenvalue weighted by Gasteiger charge is 2.25. The van der Waals surface area contributed by atoms with Crippen LogP contribution in [0.15, 0.2) is 47.0 Å². The van der Waals surface area contributed by atoms with Crippen LogP contribution < -0.4 is 4.90 Å². The van der Waals surface area contributed by atoms with E-state index in [9.17, 15) is 4.79 Å². The molecule has 1 aliphatic rings. The first-order valence-electron chi connectivity index (χ1n) is 10.9. The minimum atomic E-state index is -0.0232. The van der Waals surface area contributed by atoms with Crippen LogP contribution in [0.2, 0.25) is 0 Å². The number of thiophene rings is 1. The quantitative estimate of drug-likeness (QED) is 0.440. The molecule has 5 rings (SSSR count). The number of nitrogens with zero attached hydrogens (tertiary/aromatic N) is 5. The summed E-state index contributed by atoms with van der Waals surface area (Å²) in [4.78, 5) is 24.7. The first-order chi connectivity index (χ1) is 16.0. The van der Waals surface area contributed by atoms with Crippen molar-refractivity contribution in [2.75, 3.05) is 31.1 Å². The smallest absolute Gasteiger partial charge is 0.259 e. The highest BCUT2D eigenvalue weighted by Crippen LogP contribution is 2.32. The summed E-state index contributed by atoms with van der Waals surface area (Å²) < 4.78 is 5.46. The van der Waals surface area contributed by atoms with Crippen LogP contribution in [0.25, 0.3) is 21.7 Å². The summed E-state index contributed by atoms with van der Waals surface area (Å²) in [5.74, 6) is -0.0232. The number of nitriles is 1. The van der Waals surface area contributed by atoms with Crippen molar-refractivity contribution >= 4 is 34.0 Å². The molecule has 0 bridgehead atoms. The van der Waals surface area contributed by atoms with Crippen LogP contribution >= 0.6 is 11.3 Å². The number of carbonyl (C=O) groups excluding carboxylic acids is 1. The van der Waals surface area contributed by atoms with Gasteiger partial charge in [0.1, 0.15) is 0 Å². The molecule has 8 heteroatoms. The number of rotatable bonds is 3. The van der Waals surface area contributed by atoms with Gasteiger partial charge < -0.3 is 14.3 Å². The fourth-order valence-corrected chi connectivity index (χ4v) is 5.09. The predicted molar refractivity (Wildman–Crippen MR) is 128 cm³/mol. The first kappa shape index (κ1) is 21.2. The number of benzene rings is 1. The molecular formula is C25H23N5O2S. The number of aryl methyl sites for hydroxylation is 2. The van der Waals surface area contributed by atoms with Crippen LogP contribution in [0.4, 0.5) is 5.69 Å². The van der Waals surface area contributed by atoms with Gasteiger partial charge in [-0.3, -0.25) is 4.79 Å². The molecule has 7 nitrogen and oxygen atoms in total. The van der Waals surface area contributed by atoms with Gasteiger partial charge in [-0.2, -0.15) is 5.26 Å². The zero-order valence-corrected chi connectivity index (χ0v) is 19.4. The first-order valence-corrected chi connectivity index (χ1v) is 11.7. The number of carbonyl (C=O) groups is 1. The zero-order valence-electron chi connectivity index (χ0n) is 18.5. The van der Waals surface area contributed by atoms with E-state index >= 15 is 0 Å². The van der Waals surface area contributed by atoms with Crippen LogP contribution in [0, 0.1) is 25.2 Å². The number of hydrogen-bond acceptors (Lipinski definition) is 7. The molecule has 166 valence electrons. The molecule has 0 radical (unpaired) electrons. The van der Waals surface area contributed by atoms with E-state index < -0.39 is 0 Å². The number of anilines is 1. The normalized spacial score (nSPS) is 14.3. The summed E-state index contributed by atoms with van der Waals surface area (Å²) in [6, 6.07) is 15.7. The Morgan fingerprint density at radius 1 is 1.09 bits per heavy atom. The molecule has 0 unspecified atom stereocenters. The van der Waals surface area contributed by atoms with Gasteiger partial charge in [0.15, 0.2) is 0 Å². The summed E-state index contributed by atoms with van der Waals surface area (Å²) in [7, 11) is 0. The third-order valence-electron chi connectivity index (χ3n) is 5.98. The van der Waals surface area contributed by atoms with Crippen LogP contribution in [-0.4, -0.2) is 47.1 Å². The number of pyridine rings is 1. The Hall–Kier alpha value is -3.70.